The summed E-state index contributed by atoms with van der Waals surface area (Å²) < 4.78 is 8.00. The zero-order chi connectivity index (χ0) is 34.6. The van der Waals surface area contributed by atoms with Crippen LogP contribution >= 0.6 is 0 Å². The number of hydrogen-bond acceptors (Lipinski definition) is 5. The maximum Gasteiger partial charge on any atom is 0.254 e. The minimum atomic E-state index is 0.0576. The third-order valence-electron chi connectivity index (χ3n) is 7.99. The fourth-order valence-corrected chi connectivity index (χ4v) is 5.64. The number of aromatic nitrogens is 2. The monoisotopic (exact) mass is 647 g/mol. The van der Waals surface area contributed by atoms with Gasteiger partial charge in [-0.1, -0.05) is 51.1 Å². The smallest absolute Gasteiger partial charge is 0.254 e. The fraction of sp³-hybridized carbons (Fsp3) is 0.308. The first-order valence-electron chi connectivity index (χ1n) is 16.7. The molecule has 4 aromatic carbocycles. The van der Waals surface area contributed by atoms with Crippen LogP contribution in [0.15, 0.2) is 102 Å². The van der Waals surface area contributed by atoms with Gasteiger partial charge in [0.05, 0.1) is 11.0 Å². The molecular formula is C39H49N7O2. The molecule has 2 heterocycles. The molecular weight excluding hydrogens is 598 g/mol. The van der Waals surface area contributed by atoms with Crippen molar-refractivity contribution in [3.8, 4) is 22.9 Å². The number of amides is 1. The Morgan fingerprint density at radius 3 is 2.25 bits per heavy atom. The molecule has 1 unspecified atom stereocenters. The Balaban J connectivity index is 0.000000516. The average Bonchev–Trinajstić information content (AvgIpc) is 3.44. The van der Waals surface area contributed by atoms with Crippen molar-refractivity contribution in [1.82, 2.24) is 14.5 Å². The molecule has 1 saturated heterocycles. The van der Waals surface area contributed by atoms with Crippen molar-refractivity contribution in [2.24, 2.45) is 23.5 Å². The Kier molecular flexibility index (Phi) is 12.6. The van der Waals surface area contributed by atoms with Crippen molar-refractivity contribution in [3.05, 3.63) is 108 Å². The van der Waals surface area contributed by atoms with E-state index in [1.54, 1.807) is 0 Å². The molecule has 1 atom stereocenters. The molecule has 4 N–H and O–H groups in total. The van der Waals surface area contributed by atoms with Crippen molar-refractivity contribution in [2.45, 2.75) is 47.1 Å². The SMILES string of the molecule is CC.CCCN=C(N)N.Cc1cccc(N2CCN(C(=O)c3ccc4c(c3)nc(-c3ccc(Oc5ccccc5)cc3)n4C)CC2C)c1. The lowest BCUT2D eigenvalue weighted by molar-refractivity contribution is 0.0726. The molecule has 0 bridgehead atoms. The van der Waals surface area contributed by atoms with E-state index in [1.807, 2.05) is 106 Å². The van der Waals surface area contributed by atoms with Gasteiger partial charge in [0.2, 0.25) is 0 Å². The van der Waals surface area contributed by atoms with E-state index in [4.69, 9.17) is 21.2 Å². The first-order chi connectivity index (χ1) is 23.2. The molecule has 1 aliphatic heterocycles. The maximum atomic E-state index is 13.5. The highest BCUT2D eigenvalue weighted by Crippen LogP contribution is 2.29. The van der Waals surface area contributed by atoms with E-state index in [1.165, 1.54) is 11.3 Å². The Morgan fingerprint density at radius 2 is 1.62 bits per heavy atom. The Morgan fingerprint density at radius 1 is 0.917 bits per heavy atom. The van der Waals surface area contributed by atoms with Gasteiger partial charge in [-0.25, -0.2) is 4.98 Å². The number of ether oxygens (including phenoxy) is 1. The quantitative estimate of drug-likeness (QED) is 0.141. The molecule has 9 nitrogen and oxygen atoms in total. The number of fused-ring (bicyclic) bond motifs is 1. The van der Waals surface area contributed by atoms with Gasteiger partial charge in [0.15, 0.2) is 5.96 Å². The second-order valence-corrected chi connectivity index (χ2v) is 11.6. The van der Waals surface area contributed by atoms with Crippen LogP contribution in [-0.4, -0.2) is 58.5 Å². The normalized spacial score (nSPS) is 13.9. The zero-order valence-electron chi connectivity index (χ0n) is 29.1. The van der Waals surface area contributed by atoms with Crippen LogP contribution < -0.4 is 21.1 Å². The van der Waals surface area contributed by atoms with Crippen LogP contribution in [0.2, 0.25) is 0 Å². The first-order valence-corrected chi connectivity index (χ1v) is 16.7. The molecule has 6 rings (SSSR count). The minimum absolute atomic E-state index is 0.0576. The number of carbonyl (C=O) groups is 1. The van der Waals surface area contributed by atoms with Gasteiger partial charge in [0.25, 0.3) is 5.91 Å². The zero-order valence-corrected chi connectivity index (χ0v) is 29.1. The standard InChI is InChI=1S/C33H32N4O2.C4H11N3.C2H6/c1-23-8-7-9-27(20-23)37-19-18-36(22-24(37)2)33(38)26-14-17-31-30(21-26)34-32(35(31)3)25-12-15-29(16-13-25)39-28-10-5-4-6-11-28;1-2-3-7-4(5)6;1-2/h4-17,20-21,24H,18-19,22H2,1-3H3;2-3H2,1H3,(H4,5,6,7);1-2H3. The summed E-state index contributed by atoms with van der Waals surface area (Å²) in [5, 5.41) is 0. The molecule has 0 saturated carbocycles. The van der Waals surface area contributed by atoms with Crippen LogP contribution in [0.5, 0.6) is 11.5 Å². The number of anilines is 1. The molecule has 0 spiro atoms. The summed E-state index contributed by atoms with van der Waals surface area (Å²) >= 11 is 0. The highest BCUT2D eigenvalue weighted by Gasteiger charge is 2.28. The lowest BCUT2D eigenvalue weighted by Gasteiger charge is -2.41. The van der Waals surface area contributed by atoms with Crippen LogP contribution in [0.4, 0.5) is 5.69 Å². The van der Waals surface area contributed by atoms with Crippen LogP contribution in [0, 0.1) is 6.92 Å². The second kappa shape index (κ2) is 17.0. The van der Waals surface area contributed by atoms with Crippen LogP contribution in [0.3, 0.4) is 0 Å². The van der Waals surface area contributed by atoms with Crippen LogP contribution in [-0.2, 0) is 7.05 Å². The van der Waals surface area contributed by atoms with Crippen molar-refractivity contribution in [3.63, 3.8) is 0 Å². The second-order valence-electron chi connectivity index (χ2n) is 11.6. The minimum Gasteiger partial charge on any atom is -0.457 e. The summed E-state index contributed by atoms with van der Waals surface area (Å²) in [7, 11) is 2.01. The molecule has 1 aromatic heterocycles. The first kappa shape index (κ1) is 35.5. The molecule has 0 aliphatic carbocycles. The number of nitrogens with two attached hydrogens (primary N) is 2. The predicted molar refractivity (Wildman–Crippen MR) is 199 cm³/mol. The van der Waals surface area contributed by atoms with Crippen LogP contribution in [0.1, 0.15) is 50.0 Å². The fourth-order valence-electron chi connectivity index (χ4n) is 5.64. The average molecular weight is 648 g/mol. The Hall–Kier alpha value is -5.31. The largest absolute Gasteiger partial charge is 0.457 e. The van der Waals surface area contributed by atoms with E-state index in [-0.39, 0.29) is 17.9 Å². The van der Waals surface area contributed by atoms with Gasteiger partial charge in [-0.3, -0.25) is 9.79 Å². The lowest BCUT2D eigenvalue weighted by Crippen LogP contribution is -2.53. The van der Waals surface area contributed by atoms with Crippen molar-refractivity contribution < 1.29 is 9.53 Å². The van der Waals surface area contributed by atoms with Gasteiger partial charge in [-0.05, 0) is 92.6 Å². The van der Waals surface area contributed by atoms with Gasteiger partial charge in [0, 0.05) is 56.1 Å². The van der Waals surface area contributed by atoms with Crippen LogP contribution in [0.25, 0.3) is 22.4 Å². The molecule has 252 valence electrons. The van der Waals surface area contributed by atoms with E-state index < -0.39 is 0 Å². The summed E-state index contributed by atoms with van der Waals surface area (Å²) in [5.41, 5.74) is 15.9. The van der Waals surface area contributed by atoms with Crippen molar-refractivity contribution in [2.75, 3.05) is 31.1 Å². The van der Waals surface area contributed by atoms with Gasteiger partial charge >= 0.3 is 0 Å². The summed E-state index contributed by atoms with van der Waals surface area (Å²) in [5.74, 6) is 2.66. The summed E-state index contributed by atoms with van der Waals surface area (Å²) in [6.45, 7) is 13.3. The van der Waals surface area contributed by atoms with E-state index in [9.17, 15) is 4.79 Å². The number of guanidine groups is 1. The number of para-hydroxylation sites is 1. The van der Waals surface area contributed by atoms with Crippen molar-refractivity contribution in [1.29, 1.82) is 0 Å². The summed E-state index contributed by atoms with van der Waals surface area (Å²) in [6, 6.07) is 32.3. The van der Waals surface area contributed by atoms with Gasteiger partial charge in [0.1, 0.15) is 17.3 Å². The molecule has 9 heteroatoms. The summed E-state index contributed by atoms with van der Waals surface area (Å²) in [4.78, 5) is 26.5. The number of piperazine rings is 1. The van der Waals surface area contributed by atoms with Gasteiger partial charge < -0.3 is 30.6 Å². The molecule has 5 aromatic rings. The molecule has 48 heavy (non-hydrogen) atoms. The number of nitrogens with zero attached hydrogens (tertiary/aromatic N) is 5. The molecule has 1 aliphatic rings. The van der Waals surface area contributed by atoms with E-state index in [0.717, 1.165) is 53.4 Å². The molecule has 1 amide bonds. The number of carbonyl (C=O) groups excluding carboxylic acids is 1. The number of aryl methyl sites for hydroxylation is 2. The Bertz CT molecular complexity index is 1790. The Labute approximate surface area is 284 Å². The number of imidazole rings is 1. The van der Waals surface area contributed by atoms with E-state index in [2.05, 4.69) is 52.6 Å². The summed E-state index contributed by atoms with van der Waals surface area (Å²) in [6.07, 6.45) is 0.998. The van der Waals surface area contributed by atoms with E-state index in [0.29, 0.717) is 18.7 Å². The third-order valence-corrected chi connectivity index (χ3v) is 7.99. The number of aliphatic imine (C=N–C) groups is 1. The van der Waals surface area contributed by atoms with Crippen molar-refractivity contribution >= 4 is 28.6 Å². The third kappa shape index (κ3) is 8.94. The number of hydrogen-bond donors (Lipinski definition) is 2. The van der Waals surface area contributed by atoms with Gasteiger partial charge in [-0.15, -0.1) is 0 Å². The highest BCUT2D eigenvalue weighted by atomic mass is 16.5. The predicted octanol–water partition coefficient (Wildman–Crippen LogP) is 7.39. The maximum absolute atomic E-state index is 13.5. The lowest BCUT2D eigenvalue weighted by atomic mass is 10.1. The highest BCUT2D eigenvalue weighted by molar-refractivity contribution is 5.98. The number of benzene rings is 4. The van der Waals surface area contributed by atoms with Gasteiger partial charge in [-0.2, -0.15) is 0 Å². The molecule has 1 fully saturated rings. The number of rotatable bonds is 7. The topological polar surface area (TPSA) is 115 Å². The van der Waals surface area contributed by atoms with E-state index >= 15 is 0 Å². The molecule has 0 radical (unpaired) electrons.